The second-order valence-electron chi connectivity index (χ2n) is 3.94. The van der Waals surface area contributed by atoms with Crippen molar-refractivity contribution in [3.63, 3.8) is 0 Å². The molecule has 13 heavy (non-hydrogen) atoms. The van der Waals surface area contributed by atoms with Gasteiger partial charge in [0.2, 0.25) is 0 Å². The standard InChI is InChI=1S/C11H20O2/c1-9(7-8-11(3)13)5-4-6-10(2)12/h9H,4-8H2,1-3H3. The maximum absolute atomic E-state index is 10.7. The summed E-state index contributed by atoms with van der Waals surface area (Å²) in [5.74, 6) is 1.10. The molecule has 76 valence electrons. The highest BCUT2D eigenvalue weighted by molar-refractivity contribution is 5.75. The zero-order chi connectivity index (χ0) is 10.3. The van der Waals surface area contributed by atoms with Gasteiger partial charge < -0.3 is 9.59 Å². The molecule has 0 aromatic rings. The summed E-state index contributed by atoms with van der Waals surface area (Å²) in [6, 6.07) is 0. The van der Waals surface area contributed by atoms with Crippen LogP contribution in [0.1, 0.15) is 52.9 Å². The Morgan fingerprint density at radius 1 is 1.00 bits per heavy atom. The lowest BCUT2D eigenvalue weighted by Crippen LogP contribution is -2.00. The van der Waals surface area contributed by atoms with Gasteiger partial charge in [0, 0.05) is 12.8 Å². The van der Waals surface area contributed by atoms with Gasteiger partial charge in [-0.15, -0.1) is 0 Å². The largest absolute Gasteiger partial charge is 0.300 e. The highest BCUT2D eigenvalue weighted by Crippen LogP contribution is 2.14. The molecule has 0 aliphatic carbocycles. The number of hydrogen-bond donors (Lipinski definition) is 0. The third-order valence-electron chi connectivity index (χ3n) is 2.21. The number of hydrogen-bond acceptors (Lipinski definition) is 2. The van der Waals surface area contributed by atoms with Crippen molar-refractivity contribution in [1.29, 1.82) is 0 Å². The minimum absolute atomic E-state index is 0.262. The predicted octanol–water partition coefficient (Wildman–Crippen LogP) is 2.75. The molecular formula is C11H20O2. The fraction of sp³-hybridized carbons (Fsp3) is 0.818. The highest BCUT2D eigenvalue weighted by Gasteiger charge is 2.04. The van der Waals surface area contributed by atoms with Crippen LogP contribution in [0.2, 0.25) is 0 Å². The molecule has 0 N–H and O–H groups in total. The summed E-state index contributed by atoms with van der Waals surface area (Å²) >= 11 is 0. The van der Waals surface area contributed by atoms with E-state index in [1.54, 1.807) is 13.8 Å². The molecular weight excluding hydrogens is 164 g/mol. The molecule has 0 aromatic carbocycles. The summed E-state index contributed by atoms with van der Waals surface area (Å²) < 4.78 is 0. The van der Waals surface area contributed by atoms with E-state index < -0.39 is 0 Å². The highest BCUT2D eigenvalue weighted by atomic mass is 16.1. The fourth-order valence-corrected chi connectivity index (χ4v) is 1.29. The average molecular weight is 184 g/mol. The SMILES string of the molecule is CC(=O)CCCC(C)CCC(C)=O. The zero-order valence-electron chi connectivity index (χ0n) is 8.93. The molecule has 2 nitrogen and oxygen atoms in total. The second kappa shape index (κ2) is 6.81. The molecule has 0 amide bonds. The van der Waals surface area contributed by atoms with Gasteiger partial charge in [-0.05, 0) is 32.6 Å². The van der Waals surface area contributed by atoms with Crippen LogP contribution >= 0.6 is 0 Å². The van der Waals surface area contributed by atoms with Gasteiger partial charge >= 0.3 is 0 Å². The van der Waals surface area contributed by atoms with Crippen LogP contribution in [0.15, 0.2) is 0 Å². The van der Waals surface area contributed by atoms with Crippen molar-refractivity contribution in [2.24, 2.45) is 5.92 Å². The van der Waals surface area contributed by atoms with E-state index in [1.165, 1.54) is 0 Å². The normalized spacial score (nSPS) is 12.5. The van der Waals surface area contributed by atoms with Gasteiger partial charge in [-0.25, -0.2) is 0 Å². The Morgan fingerprint density at radius 2 is 1.54 bits per heavy atom. The number of Topliss-reactive ketones (excluding diaryl/α,β-unsaturated/α-hetero) is 2. The lowest BCUT2D eigenvalue weighted by atomic mass is 9.97. The summed E-state index contributed by atoms with van der Waals surface area (Å²) in [6.07, 6.45) is 4.36. The van der Waals surface area contributed by atoms with Crippen molar-refractivity contribution >= 4 is 11.6 Å². The van der Waals surface area contributed by atoms with Crippen molar-refractivity contribution in [3.05, 3.63) is 0 Å². The lowest BCUT2D eigenvalue weighted by Gasteiger charge is -2.08. The van der Waals surface area contributed by atoms with Crippen molar-refractivity contribution in [1.82, 2.24) is 0 Å². The van der Waals surface area contributed by atoms with E-state index in [-0.39, 0.29) is 11.6 Å². The molecule has 0 aliphatic rings. The van der Waals surface area contributed by atoms with E-state index in [2.05, 4.69) is 6.92 Å². The number of carbonyl (C=O) groups is 2. The maximum atomic E-state index is 10.7. The Hall–Kier alpha value is -0.660. The van der Waals surface area contributed by atoms with E-state index in [1.807, 2.05) is 0 Å². The van der Waals surface area contributed by atoms with E-state index in [4.69, 9.17) is 0 Å². The van der Waals surface area contributed by atoms with Crippen LogP contribution in [0, 0.1) is 5.92 Å². The van der Waals surface area contributed by atoms with Gasteiger partial charge in [-0.3, -0.25) is 0 Å². The summed E-state index contributed by atoms with van der Waals surface area (Å²) in [7, 11) is 0. The van der Waals surface area contributed by atoms with Crippen LogP contribution in [-0.4, -0.2) is 11.6 Å². The van der Waals surface area contributed by atoms with E-state index in [9.17, 15) is 9.59 Å². The fourth-order valence-electron chi connectivity index (χ4n) is 1.29. The molecule has 0 aliphatic heterocycles. The number of carbonyl (C=O) groups excluding carboxylic acids is 2. The molecule has 2 heteroatoms. The van der Waals surface area contributed by atoms with Crippen LogP contribution in [-0.2, 0) is 9.59 Å². The molecule has 0 saturated carbocycles. The zero-order valence-corrected chi connectivity index (χ0v) is 8.93. The molecule has 0 bridgehead atoms. The van der Waals surface area contributed by atoms with E-state index >= 15 is 0 Å². The molecule has 0 rings (SSSR count). The summed E-state index contributed by atoms with van der Waals surface area (Å²) in [6.45, 7) is 5.39. The van der Waals surface area contributed by atoms with E-state index in [0.717, 1.165) is 19.3 Å². The molecule has 0 spiro atoms. The van der Waals surface area contributed by atoms with Crippen LogP contribution in [0.25, 0.3) is 0 Å². The molecule has 1 unspecified atom stereocenters. The predicted molar refractivity (Wildman–Crippen MR) is 53.6 cm³/mol. The van der Waals surface area contributed by atoms with Gasteiger partial charge in [-0.1, -0.05) is 13.3 Å². The summed E-state index contributed by atoms with van der Waals surface area (Å²) in [5.41, 5.74) is 0. The second-order valence-corrected chi connectivity index (χ2v) is 3.94. The van der Waals surface area contributed by atoms with Gasteiger partial charge in [0.1, 0.15) is 11.6 Å². The maximum Gasteiger partial charge on any atom is 0.129 e. The monoisotopic (exact) mass is 184 g/mol. The van der Waals surface area contributed by atoms with Gasteiger partial charge in [0.15, 0.2) is 0 Å². The van der Waals surface area contributed by atoms with Crippen molar-refractivity contribution in [2.75, 3.05) is 0 Å². The minimum atomic E-state index is 0.262. The van der Waals surface area contributed by atoms with Crippen molar-refractivity contribution in [2.45, 2.75) is 52.9 Å². The van der Waals surface area contributed by atoms with Gasteiger partial charge in [0.25, 0.3) is 0 Å². The Morgan fingerprint density at radius 3 is 2.00 bits per heavy atom. The number of ketones is 2. The molecule has 1 atom stereocenters. The Kier molecular flexibility index (Phi) is 6.47. The molecule has 0 radical (unpaired) electrons. The molecule has 0 saturated heterocycles. The molecule has 0 aromatic heterocycles. The van der Waals surface area contributed by atoms with Crippen molar-refractivity contribution in [3.8, 4) is 0 Å². The topological polar surface area (TPSA) is 34.1 Å². The van der Waals surface area contributed by atoms with Gasteiger partial charge in [0.05, 0.1) is 0 Å². The first-order valence-corrected chi connectivity index (χ1v) is 5.01. The Balaban J connectivity index is 3.35. The first-order chi connectivity index (χ1) is 6.02. The van der Waals surface area contributed by atoms with Crippen molar-refractivity contribution < 1.29 is 9.59 Å². The molecule has 0 heterocycles. The Labute approximate surface area is 80.7 Å². The third kappa shape index (κ3) is 9.25. The quantitative estimate of drug-likeness (QED) is 0.609. The molecule has 0 fully saturated rings. The lowest BCUT2D eigenvalue weighted by molar-refractivity contribution is -0.118. The average Bonchev–Trinajstić information content (AvgIpc) is 2.00. The summed E-state index contributed by atoms with van der Waals surface area (Å²) in [4.78, 5) is 21.3. The smallest absolute Gasteiger partial charge is 0.129 e. The van der Waals surface area contributed by atoms with Gasteiger partial charge in [-0.2, -0.15) is 0 Å². The van der Waals surface area contributed by atoms with Crippen LogP contribution < -0.4 is 0 Å². The summed E-state index contributed by atoms with van der Waals surface area (Å²) in [5, 5.41) is 0. The third-order valence-corrected chi connectivity index (χ3v) is 2.21. The van der Waals surface area contributed by atoms with Crippen LogP contribution in [0.4, 0.5) is 0 Å². The first-order valence-electron chi connectivity index (χ1n) is 5.01. The van der Waals surface area contributed by atoms with Crippen LogP contribution in [0.5, 0.6) is 0 Å². The first kappa shape index (κ1) is 12.3. The van der Waals surface area contributed by atoms with Crippen LogP contribution in [0.3, 0.4) is 0 Å². The Bertz CT molecular complexity index is 173. The van der Waals surface area contributed by atoms with E-state index in [0.29, 0.717) is 18.8 Å². The number of rotatable bonds is 7. The minimum Gasteiger partial charge on any atom is -0.300 e.